The smallest absolute Gasteiger partial charge is 0.243 e. The van der Waals surface area contributed by atoms with Gasteiger partial charge in [-0.25, -0.2) is 9.98 Å². The van der Waals surface area contributed by atoms with Crippen LogP contribution in [0.3, 0.4) is 0 Å². The minimum absolute atomic E-state index is 0. The molecular formula is C18H28IN5OS2. The van der Waals surface area contributed by atoms with Gasteiger partial charge in [0.25, 0.3) is 0 Å². The molecule has 0 saturated heterocycles. The van der Waals surface area contributed by atoms with Gasteiger partial charge in [0.15, 0.2) is 5.96 Å². The van der Waals surface area contributed by atoms with Gasteiger partial charge in [-0.05, 0) is 31.7 Å². The van der Waals surface area contributed by atoms with E-state index in [0.29, 0.717) is 5.96 Å². The first-order valence-electron chi connectivity index (χ1n) is 8.63. The van der Waals surface area contributed by atoms with Gasteiger partial charge in [0, 0.05) is 43.4 Å². The van der Waals surface area contributed by atoms with Crippen LogP contribution in [0.25, 0.3) is 0 Å². The number of thiophene rings is 1. The van der Waals surface area contributed by atoms with E-state index in [1.807, 2.05) is 6.92 Å². The molecule has 0 atom stereocenters. The van der Waals surface area contributed by atoms with Crippen LogP contribution >= 0.6 is 46.7 Å². The van der Waals surface area contributed by atoms with E-state index in [9.17, 15) is 4.79 Å². The van der Waals surface area contributed by atoms with Crippen LogP contribution in [0.4, 0.5) is 0 Å². The lowest BCUT2D eigenvalue weighted by Crippen LogP contribution is -2.40. The van der Waals surface area contributed by atoms with Gasteiger partial charge < -0.3 is 15.5 Å². The number of nitrogens with zero attached hydrogens (tertiary/aromatic N) is 3. The molecule has 2 aromatic rings. The molecule has 0 unspecified atom stereocenters. The zero-order valence-corrected chi connectivity index (χ0v) is 20.2. The van der Waals surface area contributed by atoms with Gasteiger partial charge in [-0.1, -0.05) is 6.07 Å². The quantitative estimate of drug-likeness (QED) is 0.319. The summed E-state index contributed by atoms with van der Waals surface area (Å²) in [5.41, 5.74) is 1.10. The van der Waals surface area contributed by atoms with Crippen molar-refractivity contribution < 1.29 is 4.79 Å². The Kier molecular flexibility index (Phi) is 10.9. The van der Waals surface area contributed by atoms with Crippen molar-refractivity contribution in [2.45, 2.75) is 26.7 Å². The van der Waals surface area contributed by atoms with Gasteiger partial charge in [0.2, 0.25) is 5.91 Å². The maximum atomic E-state index is 11.8. The zero-order valence-electron chi connectivity index (χ0n) is 16.2. The molecular weight excluding hydrogens is 493 g/mol. The third-order valence-electron chi connectivity index (χ3n) is 3.82. The summed E-state index contributed by atoms with van der Waals surface area (Å²) in [5, 5.41) is 9.82. The van der Waals surface area contributed by atoms with Crippen LogP contribution < -0.4 is 10.6 Å². The van der Waals surface area contributed by atoms with Crippen molar-refractivity contribution in [2.24, 2.45) is 4.99 Å². The highest BCUT2D eigenvalue weighted by atomic mass is 127. The lowest BCUT2D eigenvalue weighted by Gasteiger charge is -2.13. The molecule has 6 nitrogen and oxygen atoms in total. The van der Waals surface area contributed by atoms with E-state index >= 15 is 0 Å². The number of hydrogen-bond acceptors (Lipinski definition) is 5. The number of likely N-dealkylation sites (N-methyl/N-ethyl adjacent to an activating group) is 1. The fraction of sp³-hybridized carbons (Fsp3) is 0.500. The van der Waals surface area contributed by atoms with Crippen molar-refractivity contribution in [3.63, 3.8) is 0 Å². The van der Waals surface area contributed by atoms with Crippen molar-refractivity contribution in [1.29, 1.82) is 0 Å². The Balaban J connectivity index is 0.00000364. The number of aryl methyl sites for hydroxylation is 2. The molecule has 0 aliphatic rings. The van der Waals surface area contributed by atoms with Crippen LogP contribution in [-0.2, 0) is 17.6 Å². The summed E-state index contributed by atoms with van der Waals surface area (Å²) < 4.78 is 0. The lowest BCUT2D eigenvalue weighted by atomic mass is 10.3. The molecule has 1 amide bonds. The molecule has 0 spiro atoms. The molecule has 2 N–H and O–H groups in total. The van der Waals surface area contributed by atoms with Gasteiger partial charge in [-0.15, -0.1) is 46.7 Å². The maximum Gasteiger partial charge on any atom is 0.243 e. The predicted molar refractivity (Wildman–Crippen MR) is 126 cm³/mol. The first-order chi connectivity index (χ1) is 12.5. The summed E-state index contributed by atoms with van der Waals surface area (Å²) >= 11 is 3.48. The van der Waals surface area contributed by atoms with Crippen molar-refractivity contribution >= 4 is 58.5 Å². The van der Waals surface area contributed by atoms with E-state index < -0.39 is 0 Å². The van der Waals surface area contributed by atoms with Crippen LogP contribution in [0.5, 0.6) is 0 Å². The molecule has 2 rings (SSSR count). The summed E-state index contributed by atoms with van der Waals surface area (Å²) in [5.74, 6) is 0.650. The second-order valence-corrected chi connectivity index (χ2v) is 8.46. The van der Waals surface area contributed by atoms with E-state index in [2.05, 4.69) is 45.0 Å². The Hall–Kier alpha value is -1.20. The zero-order chi connectivity index (χ0) is 18.9. The molecule has 2 heterocycles. The minimum atomic E-state index is -0.0180. The Morgan fingerprint density at radius 1 is 1.22 bits per heavy atom. The number of rotatable bonds is 8. The maximum absolute atomic E-state index is 11.8. The van der Waals surface area contributed by atoms with Gasteiger partial charge in [-0.3, -0.25) is 4.79 Å². The summed E-state index contributed by atoms with van der Waals surface area (Å²) in [4.78, 5) is 24.9. The second-order valence-electron chi connectivity index (χ2n) is 6.14. The summed E-state index contributed by atoms with van der Waals surface area (Å²) in [6.07, 6.45) is 1.78. The fourth-order valence-corrected chi connectivity index (χ4v) is 3.80. The molecule has 9 heteroatoms. The second kappa shape index (κ2) is 12.3. The van der Waals surface area contributed by atoms with E-state index in [1.165, 1.54) is 9.75 Å². The number of aromatic nitrogens is 1. The third-order valence-corrected chi connectivity index (χ3v) is 5.89. The molecule has 27 heavy (non-hydrogen) atoms. The predicted octanol–water partition coefficient (Wildman–Crippen LogP) is 2.85. The van der Waals surface area contributed by atoms with E-state index in [0.717, 1.165) is 36.6 Å². The molecule has 0 aliphatic carbocycles. The largest absolute Gasteiger partial charge is 0.356 e. The number of guanidine groups is 1. The van der Waals surface area contributed by atoms with Crippen molar-refractivity contribution in [1.82, 2.24) is 20.5 Å². The number of thiazole rings is 1. The highest BCUT2D eigenvalue weighted by Crippen LogP contribution is 2.16. The van der Waals surface area contributed by atoms with E-state index in [-0.39, 0.29) is 36.4 Å². The van der Waals surface area contributed by atoms with Crippen LogP contribution in [0.15, 0.2) is 22.5 Å². The van der Waals surface area contributed by atoms with E-state index in [4.69, 9.17) is 0 Å². The van der Waals surface area contributed by atoms with Gasteiger partial charge in [0.05, 0.1) is 10.7 Å². The van der Waals surface area contributed by atoms with Crippen molar-refractivity contribution in [3.8, 4) is 0 Å². The average Bonchev–Trinajstić information content (AvgIpc) is 3.22. The molecule has 0 bridgehead atoms. The first-order valence-corrected chi connectivity index (χ1v) is 10.3. The molecule has 0 radical (unpaired) electrons. The van der Waals surface area contributed by atoms with Crippen molar-refractivity contribution in [3.05, 3.63) is 38.0 Å². The van der Waals surface area contributed by atoms with Gasteiger partial charge in [-0.2, -0.15) is 0 Å². The highest BCUT2D eigenvalue weighted by molar-refractivity contribution is 14.0. The number of nitrogens with one attached hydrogen (secondary N) is 2. The van der Waals surface area contributed by atoms with Crippen LogP contribution in [0.1, 0.15) is 20.5 Å². The first kappa shape index (κ1) is 23.8. The Morgan fingerprint density at radius 2 is 1.93 bits per heavy atom. The Morgan fingerprint density at radius 3 is 2.48 bits per heavy atom. The number of carbonyl (C=O) groups excluding carboxylic acids is 1. The molecule has 0 saturated carbocycles. The number of halogens is 1. The lowest BCUT2D eigenvalue weighted by molar-refractivity contribution is -0.127. The third kappa shape index (κ3) is 8.56. The summed E-state index contributed by atoms with van der Waals surface area (Å²) in [7, 11) is 3.48. The summed E-state index contributed by atoms with van der Waals surface area (Å²) in [6, 6.07) is 4.18. The van der Waals surface area contributed by atoms with E-state index in [1.54, 1.807) is 41.7 Å². The van der Waals surface area contributed by atoms with Crippen molar-refractivity contribution in [2.75, 3.05) is 33.7 Å². The van der Waals surface area contributed by atoms with Gasteiger partial charge in [0.1, 0.15) is 6.54 Å². The van der Waals surface area contributed by atoms with Crippen LogP contribution in [0, 0.1) is 13.8 Å². The fourth-order valence-electron chi connectivity index (χ4n) is 2.16. The number of hydrogen-bond donors (Lipinski definition) is 2. The summed E-state index contributed by atoms with van der Waals surface area (Å²) in [6.45, 7) is 5.77. The highest BCUT2D eigenvalue weighted by Gasteiger charge is 2.07. The molecule has 2 aromatic heterocycles. The molecule has 0 aromatic carbocycles. The number of amides is 1. The SMILES string of the molecule is Cc1nc(CCNC(=NCC(=O)N(C)C)NCCc2cccs2)sc1C.I. The van der Waals surface area contributed by atoms with Crippen LogP contribution in [0.2, 0.25) is 0 Å². The number of aliphatic imine (C=N–C) groups is 1. The minimum Gasteiger partial charge on any atom is -0.356 e. The Bertz CT molecular complexity index is 709. The van der Waals surface area contributed by atoms with Crippen LogP contribution in [-0.4, -0.2) is 55.5 Å². The molecule has 0 fully saturated rings. The normalized spacial score (nSPS) is 11.0. The topological polar surface area (TPSA) is 69.6 Å². The molecule has 0 aliphatic heterocycles. The number of carbonyl (C=O) groups is 1. The molecule has 150 valence electrons. The monoisotopic (exact) mass is 521 g/mol. The van der Waals surface area contributed by atoms with Gasteiger partial charge >= 0.3 is 0 Å². The average molecular weight is 521 g/mol. The Labute approximate surface area is 186 Å². The standard InChI is InChI=1S/C18H27N5OS2.HI/c1-13-14(2)26-16(22-13)8-10-20-18(21-12-17(24)23(3)4)19-9-7-15-6-5-11-25-15;/h5-6,11H,7-10,12H2,1-4H3,(H2,19,20,21);1H.